The van der Waals surface area contributed by atoms with Crippen molar-refractivity contribution in [1.29, 1.82) is 0 Å². The van der Waals surface area contributed by atoms with Crippen LogP contribution >= 0.6 is 0 Å². The van der Waals surface area contributed by atoms with Gasteiger partial charge in [-0.25, -0.2) is 9.64 Å². The Morgan fingerprint density at radius 1 is 1.17 bits per heavy atom. The molecule has 2 aromatic rings. The van der Waals surface area contributed by atoms with Crippen molar-refractivity contribution < 1.29 is 14.3 Å². The fourth-order valence-electron chi connectivity index (χ4n) is 1.79. The highest BCUT2D eigenvalue weighted by Crippen LogP contribution is 2.14. The van der Waals surface area contributed by atoms with Crippen LogP contribution in [0.5, 0.6) is 0 Å². The maximum Gasteiger partial charge on any atom is 0.338 e. The van der Waals surface area contributed by atoms with E-state index in [2.05, 4.69) is 16.1 Å². The number of esters is 1. The predicted octanol–water partition coefficient (Wildman–Crippen LogP) is 3.01. The minimum atomic E-state index is -0.637. The molecule has 0 aliphatic rings. The Bertz CT molecular complexity index is 811. The quantitative estimate of drug-likeness (QED) is 0.536. The van der Waals surface area contributed by atoms with Gasteiger partial charge in [0.05, 0.1) is 17.8 Å². The van der Waals surface area contributed by atoms with Gasteiger partial charge in [0.25, 0.3) is 5.91 Å². The van der Waals surface area contributed by atoms with E-state index in [4.69, 9.17) is 17.7 Å². The molecule has 23 heavy (non-hydrogen) atoms. The molecule has 2 rings (SSSR count). The molecule has 112 valence electrons. The SMILES string of the molecule is [C-]#[N+]c1ccc(C(=O)OCC(=O)Nc2ccccc2C#C)cc1. The summed E-state index contributed by atoms with van der Waals surface area (Å²) in [6, 6.07) is 12.8. The second-order valence-corrected chi connectivity index (χ2v) is 4.47. The van der Waals surface area contributed by atoms with Gasteiger partial charge in [-0.3, -0.25) is 4.79 Å². The van der Waals surface area contributed by atoms with E-state index in [1.807, 2.05) is 0 Å². The van der Waals surface area contributed by atoms with Gasteiger partial charge in [-0.15, -0.1) is 6.42 Å². The monoisotopic (exact) mass is 304 g/mol. The molecular weight excluding hydrogens is 292 g/mol. The van der Waals surface area contributed by atoms with Crippen molar-refractivity contribution in [2.75, 3.05) is 11.9 Å². The molecule has 5 nitrogen and oxygen atoms in total. The third kappa shape index (κ3) is 4.20. The molecule has 0 heterocycles. The lowest BCUT2D eigenvalue weighted by Crippen LogP contribution is -2.21. The molecule has 0 unspecified atom stereocenters. The maximum atomic E-state index is 11.8. The first-order valence-corrected chi connectivity index (χ1v) is 6.64. The van der Waals surface area contributed by atoms with Gasteiger partial charge in [0.1, 0.15) is 0 Å². The summed E-state index contributed by atoms with van der Waals surface area (Å²) in [5.74, 6) is 1.33. The van der Waals surface area contributed by atoms with Crippen molar-refractivity contribution >= 4 is 23.3 Å². The molecular formula is C18H12N2O3. The third-order valence-electron chi connectivity index (χ3n) is 2.92. The number of terminal acetylenes is 1. The van der Waals surface area contributed by atoms with Crippen LogP contribution in [0.3, 0.4) is 0 Å². The molecule has 0 bridgehead atoms. The van der Waals surface area contributed by atoms with Crippen molar-refractivity contribution in [3.63, 3.8) is 0 Å². The molecule has 1 amide bonds. The van der Waals surface area contributed by atoms with Gasteiger partial charge in [0, 0.05) is 5.56 Å². The van der Waals surface area contributed by atoms with Crippen LogP contribution in [0, 0.1) is 18.9 Å². The fourth-order valence-corrected chi connectivity index (χ4v) is 1.79. The van der Waals surface area contributed by atoms with Gasteiger partial charge >= 0.3 is 5.97 Å². The molecule has 0 aliphatic heterocycles. The summed E-state index contributed by atoms with van der Waals surface area (Å²) in [4.78, 5) is 26.9. The molecule has 0 saturated heterocycles. The predicted molar refractivity (Wildman–Crippen MR) is 86.0 cm³/mol. The standard InChI is InChI=1S/C18H12N2O3/c1-3-13-6-4-5-7-16(13)20-17(21)12-23-18(22)14-8-10-15(19-2)11-9-14/h1,4-11H,12H2,(H,20,21). The van der Waals surface area contributed by atoms with E-state index in [9.17, 15) is 9.59 Å². The molecule has 1 N–H and O–H groups in total. The highest BCUT2D eigenvalue weighted by Gasteiger charge is 2.11. The van der Waals surface area contributed by atoms with Crippen LogP contribution in [0.2, 0.25) is 0 Å². The van der Waals surface area contributed by atoms with Crippen molar-refractivity contribution in [2.45, 2.75) is 0 Å². The van der Waals surface area contributed by atoms with Crippen LogP contribution in [0.4, 0.5) is 11.4 Å². The Kier molecular flexibility index (Phi) is 5.12. The van der Waals surface area contributed by atoms with Crippen LogP contribution in [0.1, 0.15) is 15.9 Å². The van der Waals surface area contributed by atoms with Crippen LogP contribution in [0.25, 0.3) is 4.85 Å². The topological polar surface area (TPSA) is 59.8 Å². The number of nitrogens with one attached hydrogen (secondary N) is 1. The van der Waals surface area contributed by atoms with E-state index < -0.39 is 18.5 Å². The number of carbonyl (C=O) groups excluding carboxylic acids is 2. The number of ether oxygens (including phenoxy) is 1. The number of hydrogen-bond donors (Lipinski definition) is 1. The lowest BCUT2D eigenvalue weighted by Gasteiger charge is -2.08. The van der Waals surface area contributed by atoms with Crippen molar-refractivity contribution in [3.05, 3.63) is 71.1 Å². The Balaban J connectivity index is 1.92. The minimum absolute atomic E-state index is 0.272. The van der Waals surface area contributed by atoms with Gasteiger partial charge in [0.2, 0.25) is 0 Å². The van der Waals surface area contributed by atoms with Crippen molar-refractivity contribution in [3.8, 4) is 12.3 Å². The average molecular weight is 304 g/mol. The zero-order chi connectivity index (χ0) is 16.7. The van der Waals surface area contributed by atoms with Gasteiger partial charge < -0.3 is 10.1 Å². The molecule has 0 aromatic heterocycles. The van der Waals surface area contributed by atoms with E-state index in [0.29, 0.717) is 16.9 Å². The lowest BCUT2D eigenvalue weighted by molar-refractivity contribution is -0.119. The van der Waals surface area contributed by atoms with E-state index in [0.717, 1.165) is 0 Å². The number of carbonyl (C=O) groups is 2. The summed E-state index contributed by atoms with van der Waals surface area (Å²) in [7, 11) is 0. The second kappa shape index (κ2) is 7.44. The van der Waals surface area contributed by atoms with Crippen LogP contribution in [0.15, 0.2) is 48.5 Å². The normalized spacial score (nSPS) is 9.30. The summed E-state index contributed by atoms with van der Waals surface area (Å²) in [5.41, 5.74) is 1.72. The lowest BCUT2D eigenvalue weighted by atomic mass is 10.2. The Morgan fingerprint density at radius 2 is 1.87 bits per heavy atom. The molecule has 0 atom stereocenters. The Morgan fingerprint density at radius 3 is 2.52 bits per heavy atom. The number of nitrogens with zero attached hydrogens (tertiary/aromatic N) is 1. The van der Waals surface area contributed by atoms with Crippen LogP contribution < -0.4 is 5.32 Å². The number of anilines is 1. The van der Waals surface area contributed by atoms with Crippen molar-refractivity contribution in [1.82, 2.24) is 0 Å². The smallest absolute Gasteiger partial charge is 0.338 e. The molecule has 0 aliphatic carbocycles. The summed E-state index contributed by atoms with van der Waals surface area (Å²) < 4.78 is 4.93. The summed E-state index contributed by atoms with van der Waals surface area (Å²) in [6.07, 6.45) is 5.34. The second-order valence-electron chi connectivity index (χ2n) is 4.47. The highest BCUT2D eigenvalue weighted by atomic mass is 16.5. The van der Waals surface area contributed by atoms with E-state index in [1.165, 1.54) is 24.3 Å². The Labute approximate surface area is 133 Å². The highest BCUT2D eigenvalue weighted by molar-refractivity contribution is 5.96. The largest absolute Gasteiger partial charge is 0.452 e. The number of hydrogen-bond acceptors (Lipinski definition) is 3. The maximum absolute atomic E-state index is 11.8. The minimum Gasteiger partial charge on any atom is -0.452 e. The molecule has 5 heteroatoms. The van der Waals surface area contributed by atoms with Crippen LogP contribution in [-0.2, 0) is 9.53 Å². The first-order chi connectivity index (χ1) is 11.1. The summed E-state index contributed by atoms with van der Waals surface area (Å²) in [5, 5.41) is 2.59. The van der Waals surface area contributed by atoms with Gasteiger partial charge in [0.15, 0.2) is 12.3 Å². The zero-order valence-corrected chi connectivity index (χ0v) is 12.1. The summed E-state index contributed by atoms with van der Waals surface area (Å²) in [6.45, 7) is 6.41. The average Bonchev–Trinajstić information content (AvgIpc) is 2.60. The van der Waals surface area contributed by atoms with E-state index in [-0.39, 0.29) is 5.56 Å². The summed E-state index contributed by atoms with van der Waals surface area (Å²) >= 11 is 0. The number of para-hydroxylation sites is 1. The number of rotatable bonds is 4. The van der Waals surface area contributed by atoms with E-state index >= 15 is 0 Å². The first-order valence-electron chi connectivity index (χ1n) is 6.64. The number of amides is 1. The van der Waals surface area contributed by atoms with Gasteiger partial charge in [-0.1, -0.05) is 42.3 Å². The Hall–Kier alpha value is -3.57. The first kappa shape index (κ1) is 15.8. The van der Waals surface area contributed by atoms with Crippen LogP contribution in [-0.4, -0.2) is 18.5 Å². The molecule has 2 aromatic carbocycles. The van der Waals surface area contributed by atoms with Gasteiger partial charge in [-0.2, -0.15) is 0 Å². The van der Waals surface area contributed by atoms with E-state index in [1.54, 1.807) is 24.3 Å². The van der Waals surface area contributed by atoms with Gasteiger partial charge in [-0.05, 0) is 12.1 Å². The molecule has 0 saturated carbocycles. The molecule has 0 radical (unpaired) electrons. The zero-order valence-electron chi connectivity index (χ0n) is 12.1. The molecule has 0 spiro atoms. The van der Waals surface area contributed by atoms with Crippen molar-refractivity contribution in [2.24, 2.45) is 0 Å². The number of benzene rings is 2. The third-order valence-corrected chi connectivity index (χ3v) is 2.92. The fraction of sp³-hybridized carbons (Fsp3) is 0.0556. The molecule has 0 fully saturated rings.